The van der Waals surface area contributed by atoms with Crippen LogP contribution < -0.4 is 5.73 Å². The van der Waals surface area contributed by atoms with Gasteiger partial charge in [0.05, 0.1) is 16.2 Å². The van der Waals surface area contributed by atoms with E-state index in [1.807, 2.05) is 6.07 Å². The van der Waals surface area contributed by atoms with Gasteiger partial charge < -0.3 is 10.5 Å². The van der Waals surface area contributed by atoms with Crippen LogP contribution in [0.15, 0.2) is 70.6 Å². The first kappa shape index (κ1) is 21.1. The molecule has 1 saturated heterocycles. The van der Waals surface area contributed by atoms with Crippen LogP contribution >= 0.6 is 0 Å². The van der Waals surface area contributed by atoms with Crippen LogP contribution in [0.3, 0.4) is 0 Å². The Hall–Kier alpha value is -3.10. The molecule has 0 radical (unpaired) electrons. The van der Waals surface area contributed by atoms with E-state index in [1.165, 1.54) is 4.68 Å². The van der Waals surface area contributed by atoms with Crippen LogP contribution in [0.1, 0.15) is 34.5 Å². The molecule has 1 aliphatic rings. The molecule has 2 aromatic carbocycles. The number of hydrogen-bond acceptors (Lipinski definition) is 5. The largest absolute Gasteiger partial charge is 0.381 e. The maximum atomic E-state index is 13.2. The lowest BCUT2D eigenvalue weighted by Crippen LogP contribution is -2.45. The smallest absolute Gasteiger partial charge is 0.228 e. The minimum Gasteiger partial charge on any atom is -0.381 e. The van der Waals surface area contributed by atoms with Crippen molar-refractivity contribution >= 4 is 22.5 Å². The summed E-state index contributed by atoms with van der Waals surface area (Å²) in [5, 5.41) is 4.02. The van der Waals surface area contributed by atoms with Crippen molar-refractivity contribution < 1.29 is 18.5 Å². The molecule has 1 aliphatic heterocycles. The second-order valence-electron chi connectivity index (χ2n) is 7.55. The fourth-order valence-corrected chi connectivity index (χ4v) is 5.01. The number of amides is 1. The number of aryl methyl sites for hydroxylation is 1. The summed E-state index contributed by atoms with van der Waals surface area (Å²) in [5.41, 5.74) is 6.69. The maximum Gasteiger partial charge on any atom is 0.228 e. The molecule has 0 bridgehead atoms. The zero-order chi connectivity index (χ0) is 22.0. The van der Waals surface area contributed by atoms with Gasteiger partial charge in [0, 0.05) is 41.8 Å². The number of nitrogens with two attached hydrogens (primary N) is 1. The van der Waals surface area contributed by atoms with Gasteiger partial charge in [0.1, 0.15) is 5.69 Å². The highest BCUT2D eigenvalue weighted by Crippen LogP contribution is 2.35. The predicted octanol–water partition coefficient (Wildman–Crippen LogP) is 2.35. The molecule has 1 atom stereocenters. The highest BCUT2D eigenvalue weighted by atomic mass is 32.2. The van der Waals surface area contributed by atoms with Crippen LogP contribution in [-0.4, -0.2) is 38.9 Å². The van der Waals surface area contributed by atoms with Crippen molar-refractivity contribution in [1.29, 1.82) is 0 Å². The standard InChI is InChI=1S/C23H23N3O4S/c1-26-20(9-12-25-26)21(27)16-5-7-18(8-6-16)31(29)19-4-2-3-17(15-19)23(22(24)28)10-13-30-14-11-23/h2-9,12,15H,10-11,13-14H2,1H3,(H2,24,28). The van der Waals surface area contributed by atoms with Crippen molar-refractivity contribution in [3.8, 4) is 0 Å². The monoisotopic (exact) mass is 437 g/mol. The number of aromatic nitrogens is 2. The first-order valence-electron chi connectivity index (χ1n) is 9.95. The van der Waals surface area contributed by atoms with Gasteiger partial charge in [0.2, 0.25) is 11.7 Å². The predicted molar refractivity (Wildman–Crippen MR) is 115 cm³/mol. The van der Waals surface area contributed by atoms with E-state index in [9.17, 15) is 13.8 Å². The molecule has 8 heteroatoms. The van der Waals surface area contributed by atoms with Crippen molar-refractivity contribution in [3.63, 3.8) is 0 Å². The van der Waals surface area contributed by atoms with Crippen LogP contribution in [-0.2, 0) is 32.8 Å². The fourth-order valence-electron chi connectivity index (χ4n) is 3.92. The summed E-state index contributed by atoms with van der Waals surface area (Å²) in [6.07, 6.45) is 2.58. The number of hydrogen-bond donors (Lipinski definition) is 1. The zero-order valence-electron chi connectivity index (χ0n) is 17.1. The summed E-state index contributed by atoms with van der Waals surface area (Å²) in [7, 11) is 0.241. The molecule has 7 nitrogen and oxygen atoms in total. The Morgan fingerprint density at radius 3 is 2.39 bits per heavy atom. The van der Waals surface area contributed by atoms with Gasteiger partial charge in [-0.15, -0.1) is 0 Å². The number of primary amides is 1. The van der Waals surface area contributed by atoms with E-state index in [4.69, 9.17) is 10.5 Å². The van der Waals surface area contributed by atoms with Gasteiger partial charge >= 0.3 is 0 Å². The molecule has 31 heavy (non-hydrogen) atoms. The highest BCUT2D eigenvalue weighted by Gasteiger charge is 2.40. The van der Waals surface area contributed by atoms with Crippen molar-refractivity contribution in [2.75, 3.05) is 13.2 Å². The van der Waals surface area contributed by atoms with Crippen molar-refractivity contribution in [2.24, 2.45) is 12.8 Å². The number of nitrogens with zero attached hydrogens (tertiary/aromatic N) is 2. The summed E-state index contributed by atoms with van der Waals surface area (Å²) in [4.78, 5) is 26.1. The lowest BCUT2D eigenvalue weighted by Gasteiger charge is -2.34. The topological polar surface area (TPSA) is 104 Å². The third kappa shape index (κ3) is 3.96. The minimum atomic E-state index is -1.47. The number of benzene rings is 2. The summed E-state index contributed by atoms with van der Waals surface area (Å²) in [5.74, 6) is -0.543. The second-order valence-corrected chi connectivity index (χ2v) is 9.03. The average molecular weight is 438 g/mol. The molecule has 1 unspecified atom stereocenters. The van der Waals surface area contributed by atoms with E-state index >= 15 is 0 Å². The van der Waals surface area contributed by atoms with Gasteiger partial charge in [-0.3, -0.25) is 14.3 Å². The Kier molecular flexibility index (Phi) is 5.84. The molecule has 4 rings (SSSR count). The van der Waals surface area contributed by atoms with Gasteiger partial charge in [-0.1, -0.05) is 12.1 Å². The first-order valence-corrected chi connectivity index (χ1v) is 11.1. The van der Waals surface area contributed by atoms with Gasteiger partial charge in [0.15, 0.2) is 0 Å². The molecule has 1 amide bonds. The summed E-state index contributed by atoms with van der Waals surface area (Å²) < 4.78 is 20.1. The summed E-state index contributed by atoms with van der Waals surface area (Å²) >= 11 is 0. The van der Waals surface area contributed by atoms with E-state index in [-0.39, 0.29) is 5.78 Å². The molecule has 160 valence electrons. The van der Waals surface area contributed by atoms with Crippen LogP contribution in [0.5, 0.6) is 0 Å². The van der Waals surface area contributed by atoms with Crippen LogP contribution in [0.25, 0.3) is 0 Å². The van der Waals surface area contributed by atoms with Crippen LogP contribution in [0.4, 0.5) is 0 Å². The molecule has 3 aromatic rings. The molecule has 2 N–H and O–H groups in total. The fraction of sp³-hybridized carbons (Fsp3) is 0.261. The number of ketones is 1. The van der Waals surface area contributed by atoms with E-state index in [1.54, 1.807) is 61.8 Å². The van der Waals surface area contributed by atoms with Gasteiger partial charge in [-0.25, -0.2) is 4.21 Å². The Morgan fingerprint density at radius 1 is 1.06 bits per heavy atom. The van der Waals surface area contributed by atoms with Gasteiger partial charge in [-0.2, -0.15) is 5.10 Å². The molecular formula is C23H23N3O4S. The SMILES string of the molecule is Cn1nccc1C(=O)c1ccc(S(=O)c2cccc(C3(C(N)=O)CCOCC3)c2)cc1. The molecule has 2 heterocycles. The number of carbonyl (C=O) groups excluding carboxylic acids is 2. The van der Waals surface area contributed by atoms with Gasteiger partial charge in [0.25, 0.3) is 0 Å². The quantitative estimate of drug-likeness (QED) is 0.596. The Bertz CT molecular complexity index is 1150. The Balaban J connectivity index is 1.60. The normalized spacial score (nSPS) is 16.5. The number of rotatable bonds is 6. The second kappa shape index (κ2) is 8.56. The van der Waals surface area contributed by atoms with Gasteiger partial charge in [-0.05, 0) is 60.9 Å². The van der Waals surface area contributed by atoms with Crippen molar-refractivity contribution in [2.45, 2.75) is 28.0 Å². The highest BCUT2D eigenvalue weighted by molar-refractivity contribution is 7.85. The minimum absolute atomic E-state index is 0.151. The lowest BCUT2D eigenvalue weighted by atomic mass is 9.73. The summed E-state index contributed by atoms with van der Waals surface area (Å²) in [6.45, 7) is 0.921. The Morgan fingerprint density at radius 2 is 1.77 bits per heavy atom. The van der Waals surface area contributed by atoms with E-state index in [0.717, 1.165) is 5.56 Å². The molecular weight excluding hydrogens is 414 g/mol. The lowest BCUT2D eigenvalue weighted by molar-refractivity contribution is -0.127. The van der Waals surface area contributed by atoms with E-state index in [2.05, 4.69) is 5.10 Å². The average Bonchev–Trinajstić information content (AvgIpc) is 3.24. The molecule has 0 spiro atoms. The number of carbonyl (C=O) groups is 2. The van der Waals surface area contributed by atoms with Crippen molar-refractivity contribution in [3.05, 3.63) is 77.6 Å². The molecule has 0 aliphatic carbocycles. The Labute approximate surface area is 182 Å². The third-order valence-corrected chi connectivity index (χ3v) is 7.19. The van der Waals surface area contributed by atoms with Crippen LogP contribution in [0, 0.1) is 0 Å². The molecule has 1 fully saturated rings. The maximum absolute atomic E-state index is 13.2. The summed E-state index contributed by atoms with van der Waals surface area (Å²) in [6, 6.07) is 15.6. The number of ether oxygens (including phenoxy) is 1. The zero-order valence-corrected chi connectivity index (χ0v) is 17.9. The molecule has 0 saturated carbocycles. The third-order valence-electron chi connectivity index (χ3n) is 5.80. The van der Waals surface area contributed by atoms with E-state index < -0.39 is 22.1 Å². The van der Waals surface area contributed by atoms with Crippen molar-refractivity contribution in [1.82, 2.24) is 9.78 Å². The molecule has 1 aromatic heterocycles. The first-order chi connectivity index (χ1) is 14.9. The van der Waals surface area contributed by atoms with E-state index in [0.29, 0.717) is 47.1 Å². The van der Waals surface area contributed by atoms with Crippen LogP contribution in [0.2, 0.25) is 0 Å².